The second-order valence-electron chi connectivity index (χ2n) is 6.37. The maximum Gasteiger partial charge on any atom is 0.123 e. The van der Waals surface area contributed by atoms with E-state index in [1.807, 2.05) is 0 Å². The number of nitrogens with zero attached hydrogens (tertiary/aromatic N) is 1. The lowest BCUT2D eigenvalue weighted by atomic mass is 9.77. The Morgan fingerprint density at radius 2 is 1.95 bits per heavy atom. The molecule has 110 valence electrons. The van der Waals surface area contributed by atoms with Crippen LogP contribution >= 0.6 is 0 Å². The molecule has 1 N–H and O–H groups in total. The molecule has 0 radical (unpaired) electrons. The third-order valence-electron chi connectivity index (χ3n) is 5.22. The number of fused-ring (bicyclic) bond motifs is 1. The molecule has 0 aromatic heterocycles. The smallest absolute Gasteiger partial charge is 0.123 e. The van der Waals surface area contributed by atoms with Crippen molar-refractivity contribution in [1.82, 2.24) is 4.90 Å². The van der Waals surface area contributed by atoms with Crippen molar-refractivity contribution in [3.8, 4) is 5.75 Å². The van der Waals surface area contributed by atoms with Crippen molar-refractivity contribution in [2.45, 2.75) is 57.5 Å². The van der Waals surface area contributed by atoms with E-state index in [0.29, 0.717) is 6.04 Å². The maximum atomic E-state index is 13.5. The molecular formula is C17H24FNO. The van der Waals surface area contributed by atoms with Gasteiger partial charge in [-0.15, -0.1) is 0 Å². The van der Waals surface area contributed by atoms with Crippen molar-refractivity contribution >= 4 is 0 Å². The van der Waals surface area contributed by atoms with Gasteiger partial charge in [0.2, 0.25) is 0 Å². The van der Waals surface area contributed by atoms with E-state index in [0.717, 1.165) is 18.0 Å². The van der Waals surface area contributed by atoms with Crippen molar-refractivity contribution in [1.29, 1.82) is 0 Å². The first kappa shape index (κ1) is 13.9. The predicted molar refractivity (Wildman–Crippen MR) is 78.2 cm³/mol. The van der Waals surface area contributed by atoms with E-state index in [9.17, 15) is 9.50 Å². The van der Waals surface area contributed by atoms with Gasteiger partial charge in [-0.05, 0) is 63.3 Å². The summed E-state index contributed by atoms with van der Waals surface area (Å²) in [5.74, 6) is 0.759. The molecule has 3 rings (SSSR count). The summed E-state index contributed by atoms with van der Waals surface area (Å²) in [6.45, 7) is 3.17. The lowest BCUT2D eigenvalue weighted by Gasteiger charge is -2.47. The highest BCUT2D eigenvalue weighted by Gasteiger charge is 2.36. The highest BCUT2D eigenvalue weighted by molar-refractivity contribution is 5.35. The quantitative estimate of drug-likeness (QED) is 0.873. The van der Waals surface area contributed by atoms with Crippen LogP contribution in [-0.2, 0) is 0 Å². The summed E-state index contributed by atoms with van der Waals surface area (Å²) in [6.07, 6.45) is 7.81. The molecule has 1 saturated heterocycles. The van der Waals surface area contributed by atoms with Crippen LogP contribution in [0.15, 0.2) is 18.2 Å². The lowest BCUT2D eigenvalue weighted by molar-refractivity contribution is 0.0300. The normalized spacial score (nSPS) is 28.9. The van der Waals surface area contributed by atoms with Crippen molar-refractivity contribution in [3.63, 3.8) is 0 Å². The van der Waals surface area contributed by atoms with E-state index in [1.54, 1.807) is 0 Å². The van der Waals surface area contributed by atoms with Gasteiger partial charge < -0.3 is 5.11 Å². The van der Waals surface area contributed by atoms with Gasteiger partial charge in [-0.3, -0.25) is 4.90 Å². The van der Waals surface area contributed by atoms with E-state index >= 15 is 0 Å². The maximum absolute atomic E-state index is 13.5. The number of hydrogen-bond acceptors (Lipinski definition) is 2. The van der Waals surface area contributed by atoms with Crippen molar-refractivity contribution in [3.05, 3.63) is 29.6 Å². The van der Waals surface area contributed by atoms with E-state index in [4.69, 9.17) is 0 Å². The summed E-state index contributed by atoms with van der Waals surface area (Å²) >= 11 is 0. The molecule has 3 unspecified atom stereocenters. The molecular weight excluding hydrogens is 253 g/mol. The van der Waals surface area contributed by atoms with Gasteiger partial charge in [0.25, 0.3) is 0 Å². The van der Waals surface area contributed by atoms with Crippen LogP contribution in [0.25, 0.3) is 0 Å². The Balaban J connectivity index is 1.84. The molecule has 3 heteroatoms. The zero-order valence-electron chi connectivity index (χ0n) is 12.2. The van der Waals surface area contributed by atoms with Crippen LogP contribution in [0.3, 0.4) is 0 Å². The SMILES string of the molecule is CC(c1cc(F)ccc1O)N1CCCC2CCCCC21. The molecule has 3 atom stereocenters. The minimum atomic E-state index is -0.262. The summed E-state index contributed by atoms with van der Waals surface area (Å²) in [6, 6.07) is 5.01. The summed E-state index contributed by atoms with van der Waals surface area (Å²) < 4.78 is 13.5. The highest BCUT2D eigenvalue weighted by Crippen LogP contribution is 2.40. The van der Waals surface area contributed by atoms with Crippen LogP contribution in [0.4, 0.5) is 4.39 Å². The summed E-state index contributed by atoms with van der Waals surface area (Å²) in [5, 5.41) is 10.0. The highest BCUT2D eigenvalue weighted by atomic mass is 19.1. The molecule has 1 aromatic carbocycles. The molecule has 2 nitrogen and oxygen atoms in total. The number of likely N-dealkylation sites (tertiary alicyclic amines) is 1. The summed E-state index contributed by atoms with van der Waals surface area (Å²) in [4.78, 5) is 2.50. The van der Waals surface area contributed by atoms with E-state index in [2.05, 4.69) is 11.8 Å². The Kier molecular flexibility index (Phi) is 3.97. The van der Waals surface area contributed by atoms with Crippen LogP contribution < -0.4 is 0 Å². The Morgan fingerprint density at radius 3 is 2.80 bits per heavy atom. The van der Waals surface area contributed by atoms with Gasteiger partial charge in [-0.25, -0.2) is 4.39 Å². The molecule has 0 bridgehead atoms. The van der Waals surface area contributed by atoms with Gasteiger partial charge in [0.15, 0.2) is 0 Å². The number of rotatable bonds is 2. The van der Waals surface area contributed by atoms with E-state index in [-0.39, 0.29) is 17.6 Å². The van der Waals surface area contributed by atoms with E-state index < -0.39 is 0 Å². The zero-order valence-corrected chi connectivity index (χ0v) is 12.2. The minimum Gasteiger partial charge on any atom is -0.508 e. The first-order valence-electron chi connectivity index (χ1n) is 7.91. The molecule has 20 heavy (non-hydrogen) atoms. The number of phenols is 1. The third kappa shape index (κ3) is 2.56. The zero-order chi connectivity index (χ0) is 14.1. The molecule has 2 fully saturated rings. The van der Waals surface area contributed by atoms with Gasteiger partial charge in [-0.1, -0.05) is 12.8 Å². The first-order valence-corrected chi connectivity index (χ1v) is 7.91. The van der Waals surface area contributed by atoms with Crippen molar-refractivity contribution in [2.24, 2.45) is 5.92 Å². The van der Waals surface area contributed by atoms with Gasteiger partial charge in [-0.2, -0.15) is 0 Å². The molecule has 0 spiro atoms. The molecule has 1 aliphatic heterocycles. The van der Waals surface area contributed by atoms with Crippen LogP contribution in [0, 0.1) is 11.7 Å². The number of piperidine rings is 1. The average molecular weight is 277 g/mol. The van der Waals surface area contributed by atoms with Crippen LogP contribution in [0.2, 0.25) is 0 Å². The van der Waals surface area contributed by atoms with Gasteiger partial charge in [0.05, 0.1) is 0 Å². The van der Waals surface area contributed by atoms with Crippen molar-refractivity contribution in [2.75, 3.05) is 6.54 Å². The van der Waals surface area contributed by atoms with Gasteiger partial charge in [0, 0.05) is 17.6 Å². The number of benzene rings is 1. The van der Waals surface area contributed by atoms with Crippen molar-refractivity contribution < 1.29 is 9.50 Å². The fourth-order valence-electron chi connectivity index (χ4n) is 4.18. The Hall–Kier alpha value is -1.09. The average Bonchev–Trinajstić information content (AvgIpc) is 2.48. The monoisotopic (exact) mass is 277 g/mol. The first-order chi connectivity index (χ1) is 9.66. The standard InChI is InChI=1S/C17H24FNO/c1-12(15-11-14(18)8-9-17(15)20)19-10-4-6-13-5-2-3-7-16(13)19/h8-9,11-13,16,20H,2-7,10H2,1H3. The summed E-state index contributed by atoms with van der Waals surface area (Å²) in [5.41, 5.74) is 0.733. The Bertz CT molecular complexity index is 474. The second kappa shape index (κ2) is 5.72. The fraction of sp³-hybridized carbons (Fsp3) is 0.647. The third-order valence-corrected chi connectivity index (χ3v) is 5.22. The van der Waals surface area contributed by atoms with Crippen LogP contribution in [0.5, 0.6) is 5.75 Å². The lowest BCUT2D eigenvalue weighted by Crippen LogP contribution is -2.47. The number of halogens is 1. The summed E-state index contributed by atoms with van der Waals surface area (Å²) in [7, 11) is 0. The molecule has 1 heterocycles. The fourth-order valence-corrected chi connectivity index (χ4v) is 4.18. The predicted octanol–water partition coefficient (Wildman–Crippen LogP) is 4.25. The second-order valence-corrected chi connectivity index (χ2v) is 6.37. The Labute approximate surface area is 120 Å². The molecule has 1 aromatic rings. The molecule has 0 amide bonds. The minimum absolute atomic E-state index is 0.0941. The molecule has 1 saturated carbocycles. The number of phenolic OH excluding ortho intramolecular Hbond substituents is 1. The number of hydrogen-bond donors (Lipinski definition) is 1. The Morgan fingerprint density at radius 1 is 1.20 bits per heavy atom. The topological polar surface area (TPSA) is 23.5 Å². The molecule has 1 aliphatic carbocycles. The van der Waals surface area contributed by atoms with Gasteiger partial charge in [0.1, 0.15) is 11.6 Å². The largest absolute Gasteiger partial charge is 0.508 e. The van der Waals surface area contributed by atoms with Crippen LogP contribution in [0.1, 0.15) is 57.1 Å². The van der Waals surface area contributed by atoms with E-state index in [1.165, 1.54) is 56.7 Å². The van der Waals surface area contributed by atoms with Gasteiger partial charge >= 0.3 is 0 Å². The number of aromatic hydroxyl groups is 1. The van der Waals surface area contributed by atoms with Crippen LogP contribution in [-0.4, -0.2) is 22.6 Å². The molecule has 2 aliphatic rings.